The van der Waals surface area contributed by atoms with E-state index >= 15 is 0 Å². The largest absolute Gasteiger partial charge is 0.0619 e. The summed E-state index contributed by atoms with van der Waals surface area (Å²) in [6.45, 7) is 9.48. The summed E-state index contributed by atoms with van der Waals surface area (Å²) >= 11 is 3.84. The first-order chi connectivity index (χ1) is 13.8. The second-order valence-corrected chi connectivity index (χ2v) is 10.4. The molecule has 142 valence electrons. The molecule has 0 amide bonds. The van der Waals surface area contributed by atoms with Gasteiger partial charge in [-0.1, -0.05) is 92.2 Å². The Morgan fingerprint density at radius 1 is 0.552 bits per heavy atom. The second kappa shape index (κ2) is 5.40. The zero-order chi connectivity index (χ0) is 20.1. The van der Waals surface area contributed by atoms with Crippen molar-refractivity contribution >= 4 is 26.7 Å². The number of fused-ring (bicyclic) bond motifs is 8. The van der Waals surface area contributed by atoms with Gasteiger partial charge in [-0.2, -0.15) is 0 Å². The maximum absolute atomic E-state index is 3.84. The van der Waals surface area contributed by atoms with Gasteiger partial charge in [0, 0.05) is 15.3 Å². The molecule has 0 saturated carbocycles. The summed E-state index contributed by atoms with van der Waals surface area (Å²) in [6, 6.07) is 25.0. The quantitative estimate of drug-likeness (QED) is 0.259. The van der Waals surface area contributed by atoms with Crippen molar-refractivity contribution in [3.05, 3.63) is 93.5 Å². The number of hydrogen-bond donors (Lipinski definition) is 0. The average molecular weight is 439 g/mol. The summed E-state index contributed by atoms with van der Waals surface area (Å²) in [4.78, 5) is 0. The summed E-state index contributed by atoms with van der Waals surface area (Å²) in [7, 11) is 0. The van der Waals surface area contributed by atoms with Gasteiger partial charge in [0.2, 0.25) is 0 Å². The minimum absolute atomic E-state index is 0.0199. The van der Waals surface area contributed by atoms with Gasteiger partial charge < -0.3 is 0 Å². The molecular weight excluding hydrogens is 416 g/mol. The van der Waals surface area contributed by atoms with Gasteiger partial charge >= 0.3 is 0 Å². The summed E-state index contributed by atoms with van der Waals surface area (Å²) in [5.41, 5.74) is 11.4. The van der Waals surface area contributed by atoms with E-state index < -0.39 is 0 Å². The highest BCUT2D eigenvalue weighted by molar-refractivity contribution is 9.10. The Kier molecular flexibility index (Phi) is 3.25. The van der Waals surface area contributed by atoms with E-state index in [2.05, 4.69) is 110 Å². The molecule has 4 aromatic carbocycles. The lowest BCUT2D eigenvalue weighted by atomic mass is 9.79. The molecule has 6 rings (SSSR count). The van der Waals surface area contributed by atoms with Gasteiger partial charge in [-0.15, -0.1) is 0 Å². The van der Waals surface area contributed by atoms with Crippen molar-refractivity contribution in [3.63, 3.8) is 0 Å². The fourth-order valence-electron chi connectivity index (χ4n) is 5.73. The maximum Gasteiger partial charge on any atom is 0.0257 e. The highest BCUT2D eigenvalue weighted by Gasteiger charge is 2.42. The Labute approximate surface area is 180 Å². The first-order valence-electron chi connectivity index (χ1n) is 10.3. The van der Waals surface area contributed by atoms with Crippen LogP contribution in [0.2, 0.25) is 0 Å². The molecule has 0 saturated heterocycles. The van der Waals surface area contributed by atoms with Crippen molar-refractivity contribution in [2.24, 2.45) is 0 Å². The number of halogens is 1. The van der Waals surface area contributed by atoms with Crippen LogP contribution in [0.4, 0.5) is 0 Å². The topological polar surface area (TPSA) is 0 Å². The standard InChI is InChI=1S/C28H23Br/c1-27(2)21-12-8-7-9-16(21)19-13-23-20(14-22(19)27)26-18-11-6-5-10-17(18)25(29)15-24(26)28(23,3)4/h5-15H,1-4H3. The number of rotatable bonds is 0. The number of benzene rings is 4. The van der Waals surface area contributed by atoms with E-state index in [1.54, 1.807) is 0 Å². The molecule has 0 radical (unpaired) electrons. The van der Waals surface area contributed by atoms with Gasteiger partial charge in [-0.05, 0) is 73.5 Å². The molecule has 0 bridgehead atoms. The summed E-state index contributed by atoms with van der Waals surface area (Å²) in [5, 5.41) is 2.63. The predicted molar refractivity (Wildman–Crippen MR) is 127 cm³/mol. The lowest BCUT2D eigenvalue weighted by Crippen LogP contribution is -2.17. The molecule has 0 nitrogen and oxygen atoms in total. The van der Waals surface area contributed by atoms with Crippen molar-refractivity contribution in [3.8, 4) is 22.3 Å². The molecule has 0 heterocycles. The highest BCUT2D eigenvalue weighted by Crippen LogP contribution is 2.57. The lowest BCUT2D eigenvalue weighted by Gasteiger charge is -2.24. The predicted octanol–water partition coefficient (Wildman–Crippen LogP) is 8.21. The van der Waals surface area contributed by atoms with E-state index in [1.807, 2.05) is 0 Å². The Balaban J connectivity index is 1.75. The van der Waals surface area contributed by atoms with Gasteiger partial charge in [-0.25, -0.2) is 0 Å². The van der Waals surface area contributed by atoms with Crippen LogP contribution in [0.25, 0.3) is 33.0 Å². The van der Waals surface area contributed by atoms with Crippen LogP contribution in [-0.2, 0) is 10.8 Å². The molecule has 2 aliphatic carbocycles. The fraction of sp³-hybridized carbons (Fsp3) is 0.214. The van der Waals surface area contributed by atoms with Gasteiger partial charge in [0.05, 0.1) is 0 Å². The van der Waals surface area contributed by atoms with Crippen LogP contribution in [-0.4, -0.2) is 0 Å². The first kappa shape index (κ1) is 17.5. The zero-order valence-corrected chi connectivity index (χ0v) is 18.8. The van der Waals surface area contributed by atoms with Crippen LogP contribution in [0.1, 0.15) is 49.9 Å². The first-order valence-corrected chi connectivity index (χ1v) is 11.1. The molecule has 4 aromatic rings. The summed E-state index contributed by atoms with van der Waals surface area (Å²) in [6.07, 6.45) is 0. The lowest BCUT2D eigenvalue weighted by molar-refractivity contribution is 0.652. The molecule has 0 unspecified atom stereocenters. The Bertz CT molecular complexity index is 1350. The van der Waals surface area contributed by atoms with Crippen LogP contribution in [0.5, 0.6) is 0 Å². The maximum atomic E-state index is 3.84. The average Bonchev–Trinajstić information content (AvgIpc) is 3.07. The Morgan fingerprint density at radius 3 is 1.93 bits per heavy atom. The molecule has 0 atom stereocenters. The Hall–Kier alpha value is -2.38. The SMILES string of the molecule is CC1(C)c2ccccc2-c2cc3c(cc21)-c1c(cc(Br)c2ccccc12)C3(C)C. The molecular formula is C28H23Br. The van der Waals surface area contributed by atoms with Crippen LogP contribution in [0, 0.1) is 0 Å². The molecule has 29 heavy (non-hydrogen) atoms. The molecule has 0 aliphatic heterocycles. The molecule has 0 aromatic heterocycles. The van der Waals surface area contributed by atoms with Gasteiger partial charge in [0.25, 0.3) is 0 Å². The van der Waals surface area contributed by atoms with Crippen molar-refractivity contribution in [2.75, 3.05) is 0 Å². The molecule has 0 spiro atoms. The van der Waals surface area contributed by atoms with Gasteiger partial charge in [0.1, 0.15) is 0 Å². The Morgan fingerprint density at radius 2 is 1.14 bits per heavy atom. The van der Waals surface area contributed by atoms with Gasteiger partial charge in [0.15, 0.2) is 0 Å². The van der Waals surface area contributed by atoms with Crippen LogP contribution >= 0.6 is 15.9 Å². The van der Waals surface area contributed by atoms with Crippen LogP contribution in [0.3, 0.4) is 0 Å². The van der Waals surface area contributed by atoms with E-state index in [9.17, 15) is 0 Å². The molecule has 1 heteroatoms. The van der Waals surface area contributed by atoms with E-state index in [1.165, 1.54) is 59.8 Å². The van der Waals surface area contributed by atoms with Crippen LogP contribution < -0.4 is 0 Å². The normalized spacial score (nSPS) is 17.0. The van der Waals surface area contributed by atoms with Crippen molar-refractivity contribution in [1.82, 2.24) is 0 Å². The summed E-state index contributed by atoms with van der Waals surface area (Å²) < 4.78 is 1.19. The van der Waals surface area contributed by atoms with Crippen LogP contribution in [0.15, 0.2) is 71.2 Å². The minimum atomic E-state index is -0.0199. The van der Waals surface area contributed by atoms with Crippen molar-refractivity contribution < 1.29 is 0 Å². The fourth-order valence-corrected chi connectivity index (χ4v) is 6.31. The van der Waals surface area contributed by atoms with Crippen molar-refractivity contribution in [2.45, 2.75) is 38.5 Å². The zero-order valence-electron chi connectivity index (χ0n) is 17.2. The smallest absolute Gasteiger partial charge is 0.0257 e. The molecule has 0 fully saturated rings. The van der Waals surface area contributed by atoms with E-state index in [0.29, 0.717) is 0 Å². The van der Waals surface area contributed by atoms with Crippen molar-refractivity contribution in [1.29, 1.82) is 0 Å². The third-order valence-electron chi connectivity index (χ3n) is 7.33. The van der Waals surface area contributed by atoms with E-state index in [-0.39, 0.29) is 10.8 Å². The third kappa shape index (κ3) is 2.04. The van der Waals surface area contributed by atoms with Gasteiger partial charge in [-0.3, -0.25) is 0 Å². The van der Waals surface area contributed by atoms with E-state index in [4.69, 9.17) is 0 Å². The summed E-state index contributed by atoms with van der Waals surface area (Å²) in [5.74, 6) is 0. The highest BCUT2D eigenvalue weighted by atomic mass is 79.9. The second-order valence-electron chi connectivity index (χ2n) is 9.57. The van der Waals surface area contributed by atoms with E-state index in [0.717, 1.165) is 0 Å². The third-order valence-corrected chi connectivity index (χ3v) is 7.99. The molecule has 2 aliphatic rings. The minimum Gasteiger partial charge on any atom is -0.0619 e. The monoisotopic (exact) mass is 438 g/mol. The molecule has 0 N–H and O–H groups in total. The number of hydrogen-bond acceptors (Lipinski definition) is 0.